The molecule has 0 aromatic heterocycles. The highest BCUT2D eigenvalue weighted by molar-refractivity contribution is 5.75. The van der Waals surface area contributed by atoms with Crippen LogP contribution in [0.3, 0.4) is 0 Å². The van der Waals surface area contributed by atoms with Crippen LogP contribution < -0.4 is 11.1 Å². The molecule has 1 rings (SSSR count). The summed E-state index contributed by atoms with van der Waals surface area (Å²) in [5.74, 6) is -0.295. The number of hydrogen-bond donors (Lipinski definition) is 2. The van der Waals surface area contributed by atoms with E-state index >= 15 is 0 Å². The van der Waals surface area contributed by atoms with Gasteiger partial charge in [0, 0.05) is 6.04 Å². The molecule has 0 saturated carbocycles. The molecule has 2 atom stereocenters. The van der Waals surface area contributed by atoms with Crippen LogP contribution in [0.15, 0.2) is 0 Å². The van der Waals surface area contributed by atoms with Crippen molar-refractivity contribution in [1.82, 2.24) is 5.32 Å². The third-order valence-corrected chi connectivity index (χ3v) is 2.41. The van der Waals surface area contributed by atoms with Crippen molar-refractivity contribution in [3.05, 3.63) is 0 Å². The van der Waals surface area contributed by atoms with Gasteiger partial charge in [-0.1, -0.05) is 0 Å². The van der Waals surface area contributed by atoms with Gasteiger partial charge in [-0.15, -0.1) is 0 Å². The molecule has 15 heavy (non-hydrogen) atoms. The summed E-state index contributed by atoms with van der Waals surface area (Å²) in [7, 11) is 0. The first kappa shape index (κ1) is 12.5. The van der Waals surface area contributed by atoms with Gasteiger partial charge in [-0.05, 0) is 46.6 Å². The minimum atomic E-state index is -0.500. The van der Waals surface area contributed by atoms with Crippen LogP contribution in [-0.2, 0) is 9.53 Å². The Morgan fingerprint density at radius 3 is 2.73 bits per heavy atom. The lowest BCUT2D eigenvalue weighted by atomic mass is 10.1. The largest absolute Gasteiger partial charge is 0.459 e. The van der Waals surface area contributed by atoms with Crippen molar-refractivity contribution < 1.29 is 9.53 Å². The third kappa shape index (κ3) is 4.62. The highest BCUT2D eigenvalue weighted by Crippen LogP contribution is 2.13. The highest BCUT2D eigenvalue weighted by atomic mass is 16.6. The Kier molecular flexibility index (Phi) is 4.11. The Labute approximate surface area is 91.5 Å². The van der Waals surface area contributed by atoms with Gasteiger partial charge in [0.25, 0.3) is 0 Å². The van der Waals surface area contributed by atoms with Crippen molar-refractivity contribution in [3.63, 3.8) is 0 Å². The molecule has 4 heteroatoms. The molecule has 0 bridgehead atoms. The highest BCUT2D eigenvalue weighted by Gasteiger charge is 2.25. The number of rotatable bonds is 3. The molecule has 1 fully saturated rings. The number of esters is 1. The first-order valence-electron chi connectivity index (χ1n) is 5.60. The van der Waals surface area contributed by atoms with E-state index in [-0.39, 0.29) is 5.97 Å². The maximum Gasteiger partial charge on any atom is 0.323 e. The molecular weight excluding hydrogens is 192 g/mol. The Bertz CT molecular complexity index is 217. The van der Waals surface area contributed by atoms with Crippen molar-refractivity contribution in [2.75, 3.05) is 6.54 Å². The molecule has 0 aliphatic carbocycles. The Morgan fingerprint density at radius 2 is 2.27 bits per heavy atom. The maximum atomic E-state index is 11.6. The van der Waals surface area contributed by atoms with Crippen LogP contribution >= 0.6 is 0 Å². The average molecular weight is 214 g/mol. The zero-order valence-corrected chi connectivity index (χ0v) is 9.88. The molecule has 1 aliphatic rings. The zero-order chi connectivity index (χ0) is 11.5. The number of carbonyl (C=O) groups is 1. The van der Waals surface area contributed by atoms with Crippen molar-refractivity contribution in [1.29, 1.82) is 0 Å². The predicted molar refractivity (Wildman–Crippen MR) is 59.5 cm³/mol. The first-order valence-corrected chi connectivity index (χ1v) is 5.60. The smallest absolute Gasteiger partial charge is 0.323 e. The fraction of sp³-hybridized carbons (Fsp3) is 0.909. The predicted octanol–water partition coefficient (Wildman–Crippen LogP) is 0.797. The second kappa shape index (κ2) is 4.94. The molecule has 88 valence electrons. The monoisotopic (exact) mass is 214 g/mol. The van der Waals surface area contributed by atoms with Crippen LogP contribution in [0.2, 0.25) is 0 Å². The van der Waals surface area contributed by atoms with Gasteiger partial charge in [-0.2, -0.15) is 0 Å². The summed E-state index contributed by atoms with van der Waals surface area (Å²) in [6, 6.07) is -0.118. The molecule has 1 heterocycles. The molecule has 0 radical (unpaired) electrons. The quantitative estimate of drug-likeness (QED) is 0.682. The van der Waals surface area contributed by atoms with E-state index < -0.39 is 11.6 Å². The molecule has 1 unspecified atom stereocenters. The molecule has 1 saturated heterocycles. The van der Waals surface area contributed by atoms with E-state index in [1.807, 2.05) is 20.8 Å². The van der Waals surface area contributed by atoms with Crippen LogP contribution in [-0.4, -0.2) is 30.2 Å². The number of nitrogens with one attached hydrogen (secondary N) is 1. The van der Waals surface area contributed by atoms with Crippen molar-refractivity contribution >= 4 is 5.97 Å². The fourth-order valence-electron chi connectivity index (χ4n) is 1.74. The molecule has 0 aromatic rings. The topological polar surface area (TPSA) is 64.3 Å². The third-order valence-electron chi connectivity index (χ3n) is 2.41. The lowest BCUT2D eigenvalue weighted by molar-refractivity contribution is -0.156. The molecule has 0 aromatic carbocycles. The molecule has 0 amide bonds. The van der Waals surface area contributed by atoms with Gasteiger partial charge >= 0.3 is 5.97 Å². The van der Waals surface area contributed by atoms with E-state index in [0.717, 1.165) is 13.0 Å². The lowest BCUT2D eigenvalue weighted by Crippen LogP contribution is -2.41. The Balaban J connectivity index is 2.32. The average Bonchev–Trinajstić information content (AvgIpc) is 2.53. The van der Waals surface area contributed by atoms with Gasteiger partial charge in [0.15, 0.2) is 0 Å². The van der Waals surface area contributed by atoms with E-state index in [2.05, 4.69) is 5.32 Å². The van der Waals surface area contributed by atoms with E-state index in [4.69, 9.17) is 10.5 Å². The molecule has 3 N–H and O–H groups in total. The van der Waals surface area contributed by atoms with E-state index in [0.29, 0.717) is 12.5 Å². The van der Waals surface area contributed by atoms with Crippen LogP contribution in [0.5, 0.6) is 0 Å². The van der Waals surface area contributed by atoms with E-state index in [9.17, 15) is 4.79 Å². The summed E-state index contributed by atoms with van der Waals surface area (Å²) >= 11 is 0. The van der Waals surface area contributed by atoms with Crippen molar-refractivity contribution in [2.45, 2.75) is 57.7 Å². The molecular formula is C11H22N2O2. The summed E-state index contributed by atoms with van der Waals surface area (Å²) in [4.78, 5) is 11.6. The van der Waals surface area contributed by atoms with E-state index in [1.54, 1.807) is 0 Å². The van der Waals surface area contributed by atoms with Gasteiger partial charge in [0.2, 0.25) is 0 Å². The van der Waals surface area contributed by atoms with Crippen molar-refractivity contribution in [2.24, 2.45) is 5.73 Å². The lowest BCUT2D eigenvalue weighted by Gasteiger charge is -2.23. The molecule has 0 spiro atoms. The summed E-state index contributed by atoms with van der Waals surface area (Å²) in [5, 5.41) is 3.32. The number of carbonyl (C=O) groups excluding carboxylic acids is 1. The van der Waals surface area contributed by atoms with Gasteiger partial charge < -0.3 is 15.8 Å². The van der Waals surface area contributed by atoms with Gasteiger partial charge in [-0.25, -0.2) is 0 Å². The molecule has 4 nitrogen and oxygen atoms in total. The van der Waals surface area contributed by atoms with Crippen LogP contribution in [0.25, 0.3) is 0 Å². The summed E-state index contributed by atoms with van der Waals surface area (Å²) in [5.41, 5.74) is 5.34. The Morgan fingerprint density at radius 1 is 1.60 bits per heavy atom. The number of hydrogen-bond acceptors (Lipinski definition) is 4. The summed E-state index contributed by atoms with van der Waals surface area (Å²) < 4.78 is 5.22. The number of nitrogens with two attached hydrogens (primary N) is 1. The van der Waals surface area contributed by atoms with E-state index in [1.165, 1.54) is 6.42 Å². The van der Waals surface area contributed by atoms with Crippen molar-refractivity contribution in [3.8, 4) is 0 Å². The normalized spacial score (nSPS) is 23.9. The van der Waals surface area contributed by atoms with Gasteiger partial charge in [0.05, 0.1) is 0 Å². The summed E-state index contributed by atoms with van der Waals surface area (Å²) in [6.07, 6.45) is 2.96. The zero-order valence-electron chi connectivity index (χ0n) is 9.88. The Hall–Kier alpha value is -0.610. The van der Waals surface area contributed by atoms with Crippen LogP contribution in [0.4, 0.5) is 0 Å². The van der Waals surface area contributed by atoms with Crippen LogP contribution in [0.1, 0.15) is 40.0 Å². The molecule has 1 aliphatic heterocycles. The minimum absolute atomic E-state index is 0.295. The minimum Gasteiger partial charge on any atom is -0.459 e. The SMILES string of the molecule is CC(C)(C)OC(=O)C(N)C[C@@H]1CCCN1. The van der Waals surface area contributed by atoms with Crippen LogP contribution in [0, 0.1) is 0 Å². The van der Waals surface area contributed by atoms with Gasteiger partial charge in [-0.3, -0.25) is 4.79 Å². The fourth-order valence-corrected chi connectivity index (χ4v) is 1.74. The number of ether oxygens (including phenoxy) is 1. The second-order valence-corrected chi connectivity index (χ2v) is 5.17. The standard InChI is InChI=1S/C11H22N2O2/c1-11(2,3)15-10(14)9(12)7-8-5-4-6-13-8/h8-9,13H,4-7,12H2,1-3H3/t8-,9?/m0/s1. The second-order valence-electron chi connectivity index (χ2n) is 5.17. The van der Waals surface area contributed by atoms with Gasteiger partial charge in [0.1, 0.15) is 11.6 Å². The maximum absolute atomic E-state index is 11.6. The summed E-state index contributed by atoms with van der Waals surface area (Å²) in [6.45, 7) is 6.59. The first-order chi connectivity index (χ1) is 6.88.